The van der Waals surface area contributed by atoms with Gasteiger partial charge in [0.25, 0.3) is 0 Å². The van der Waals surface area contributed by atoms with Crippen molar-refractivity contribution in [2.24, 2.45) is 0 Å². The van der Waals surface area contributed by atoms with Gasteiger partial charge in [-0.25, -0.2) is 8.42 Å². The minimum Gasteiger partial charge on any atom is -0.399 e. The van der Waals surface area contributed by atoms with Gasteiger partial charge in [0.05, 0.1) is 16.6 Å². The van der Waals surface area contributed by atoms with E-state index in [1.165, 1.54) is 17.4 Å². The van der Waals surface area contributed by atoms with Crippen LogP contribution in [0, 0.1) is 0 Å². The molecular formula is C16H18N2O2S. The van der Waals surface area contributed by atoms with E-state index in [1.807, 2.05) is 30.3 Å². The number of rotatable bonds is 3. The van der Waals surface area contributed by atoms with E-state index >= 15 is 0 Å². The number of para-hydroxylation sites is 1. The van der Waals surface area contributed by atoms with Gasteiger partial charge in [-0.05, 0) is 48.2 Å². The van der Waals surface area contributed by atoms with Crippen LogP contribution in [0.1, 0.15) is 23.6 Å². The quantitative estimate of drug-likeness (QED) is 0.855. The van der Waals surface area contributed by atoms with Crippen molar-refractivity contribution >= 4 is 21.2 Å². The van der Waals surface area contributed by atoms with Crippen LogP contribution in [-0.4, -0.2) is 14.7 Å². The Hall–Kier alpha value is -2.01. The molecule has 0 amide bonds. The van der Waals surface area contributed by atoms with Crippen molar-refractivity contribution in [2.75, 3.05) is 17.3 Å². The zero-order valence-corrected chi connectivity index (χ0v) is 12.7. The van der Waals surface area contributed by atoms with E-state index in [1.54, 1.807) is 12.1 Å². The molecule has 3 N–H and O–H groups in total. The van der Waals surface area contributed by atoms with Crippen LogP contribution in [0.3, 0.4) is 0 Å². The zero-order valence-electron chi connectivity index (χ0n) is 11.8. The summed E-state index contributed by atoms with van der Waals surface area (Å²) in [5.41, 5.74) is 9.68. The second-order valence-corrected chi connectivity index (χ2v) is 7.45. The topological polar surface area (TPSA) is 72.2 Å². The molecule has 0 heterocycles. The molecule has 0 aliphatic heterocycles. The first-order valence-corrected chi connectivity index (χ1v) is 8.78. The van der Waals surface area contributed by atoms with Crippen molar-refractivity contribution in [3.8, 4) is 0 Å². The van der Waals surface area contributed by atoms with E-state index in [0.29, 0.717) is 10.6 Å². The van der Waals surface area contributed by atoms with Crippen LogP contribution in [0.4, 0.5) is 11.4 Å². The van der Waals surface area contributed by atoms with Crippen LogP contribution in [0.15, 0.2) is 47.4 Å². The largest absolute Gasteiger partial charge is 0.399 e. The first kappa shape index (κ1) is 13.9. The van der Waals surface area contributed by atoms with Crippen molar-refractivity contribution in [3.05, 3.63) is 53.6 Å². The molecule has 0 saturated carbocycles. The highest BCUT2D eigenvalue weighted by atomic mass is 32.2. The van der Waals surface area contributed by atoms with Crippen LogP contribution in [0.25, 0.3) is 0 Å². The average molecular weight is 302 g/mol. The summed E-state index contributed by atoms with van der Waals surface area (Å²) in [5, 5.41) is 3.37. The Bertz CT molecular complexity index is 785. The standard InChI is InChI=1S/C16H18N2O2S/c1-21(19,20)16-5-3-2-4-15(16)18-14-9-6-11-10-12(17)7-8-13(11)14/h2-5,7-8,10,14,18H,6,9,17H2,1H3. The number of hydrogen-bond acceptors (Lipinski definition) is 4. The summed E-state index contributed by atoms with van der Waals surface area (Å²) in [6.07, 6.45) is 3.13. The maximum atomic E-state index is 11.9. The Kier molecular flexibility index (Phi) is 3.37. The summed E-state index contributed by atoms with van der Waals surface area (Å²) < 4.78 is 23.7. The average Bonchev–Trinajstić information content (AvgIpc) is 2.80. The molecule has 5 heteroatoms. The number of anilines is 2. The van der Waals surface area contributed by atoms with E-state index in [4.69, 9.17) is 5.73 Å². The first-order chi connectivity index (χ1) is 9.95. The van der Waals surface area contributed by atoms with Gasteiger partial charge in [-0.2, -0.15) is 0 Å². The molecule has 1 unspecified atom stereocenters. The van der Waals surface area contributed by atoms with E-state index in [-0.39, 0.29) is 6.04 Å². The molecule has 21 heavy (non-hydrogen) atoms. The molecule has 1 aliphatic rings. The second-order valence-electron chi connectivity index (χ2n) is 5.46. The zero-order chi connectivity index (χ0) is 15.0. The van der Waals surface area contributed by atoms with Crippen LogP contribution in [0.5, 0.6) is 0 Å². The smallest absolute Gasteiger partial charge is 0.177 e. The Morgan fingerprint density at radius 2 is 1.95 bits per heavy atom. The fourth-order valence-electron chi connectivity index (χ4n) is 2.88. The van der Waals surface area contributed by atoms with Gasteiger partial charge in [0.2, 0.25) is 0 Å². The van der Waals surface area contributed by atoms with Crippen molar-refractivity contribution in [1.29, 1.82) is 0 Å². The molecule has 0 saturated heterocycles. The van der Waals surface area contributed by atoms with Crippen LogP contribution in [-0.2, 0) is 16.3 Å². The maximum absolute atomic E-state index is 11.9. The summed E-state index contributed by atoms with van der Waals surface area (Å²) >= 11 is 0. The van der Waals surface area contributed by atoms with E-state index < -0.39 is 9.84 Å². The molecular weight excluding hydrogens is 284 g/mol. The van der Waals surface area contributed by atoms with Crippen molar-refractivity contribution in [1.82, 2.24) is 0 Å². The summed E-state index contributed by atoms with van der Waals surface area (Å²) in [6, 6.07) is 13.1. The lowest BCUT2D eigenvalue weighted by atomic mass is 10.1. The third kappa shape index (κ3) is 2.74. The lowest BCUT2D eigenvalue weighted by Gasteiger charge is -2.18. The third-order valence-electron chi connectivity index (χ3n) is 3.86. The number of nitrogens with one attached hydrogen (secondary N) is 1. The van der Waals surface area contributed by atoms with E-state index in [9.17, 15) is 8.42 Å². The fourth-order valence-corrected chi connectivity index (χ4v) is 3.74. The molecule has 0 bridgehead atoms. The highest BCUT2D eigenvalue weighted by molar-refractivity contribution is 7.90. The third-order valence-corrected chi connectivity index (χ3v) is 5.02. The van der Waals surface area contributed by atoms with Gasteiger partial charge in [0, 0.05) is 11.9 Å². The molecule has 0 aromatic heterocycles. The highest BCUT2D eigenvalue weighted by Crippen LogP contribution is 2.36. The lowest BCUT2D eigenvalue weighted by molar-refractivity contribution is 0.602. The Morgan fingerprint density at radius 3 is 2.71 bits per heavy atom. The molecule has 0 radical (unpaired) electrons. The van der Waals surface area contributed by atoms with Gasteiger partial charge in [0.15, 0.2) is 9.84 Å². The maximum Gasteiger partial charge on any atom is 0.177 e. The minimum atomic E-state index is -3.24. The van der Waals surface area contributed by atoms with Gasteiger partial charge in [-0.1, -0.05) is 18.2 Å². The number of fused-ring (bicyclic) bond motifs is 1. The van der Waals surface area contributed by atoms with Crippen LogP contribution < -0.4 is 11.1 Å². The number of hydrogen-bond donors (Lipinski definition) is 2. The van der Waals surface area contributed by atoms with Crippen molar-refractivity contribution in [2.45, 2.75) is 23.8 Å². The second kappa shape index (κ2) is 5.07. The van der Waals surface area contributed by atoms with Gasteiger partial charge in [0.1, 0.15) is 0 Å². The molecule has 1 atom stereocenters. The van der Waals surface area contributed by atoms with Gasteiger partial charge in [-0.15, -0.1) is 0 Å². The lowest BCUT2D eigenvalue weighted by Crippen LogP contribution is -2.10. The number of aryl methyl sites for hydroxylation is 1. The SMILES string of the molecule is CS(=O)(=O)c1ccccc1NC1CCc2cc(N)ccc21. The first-order valence-electron chi connectivity index (χ1n) is 6.89. The highest BCUT2D eigenvalue weighted by Gasteiger charge is 2.24. The van der Waals surface area contributed by atoms with E-state index in [2.05, 4.69) is 5.32 Å². The van der Waals surface area contributed by atoms with Gasteiger partial charge >= 0.3 is 0 Å². The summed E-state index contributed by atoms with van der Waals surface area (Å²) in [6.45, 7) is 0. The number of nitrogen functional groups attached to an aromatic ring is 1. The van der Waals surface area contributed by atoms with Gasteiger partial charge < -0.3 is 11.1 Å². The molecule has 2 aromatic carbocycles. The number of nitrogens with two attached hydrogens (primary N) is 1. The monoisotopic (exact) mass is 302 g/mol. The predicted molar refractivity (Wildman–Crippen MR) is 85.1 cm³/mol. The minimum absolute atomic E-state index is 0.128. The molecule has 0 spiro atoms. The van der Waals surface area contributed by atoms with E-state index in [0.717, 1.165) is 18.5 Å². The molecule has 0 fully saturated rings. The Labute approximate surface area is 124 Å². The molecule has 3 rings (SSSR count). The van der Waals surface area contributed by atoms with Crippen molar-refractivity contribution in [3.63, 3.8) is 0 Å². The van der Waals surface area contributed by atoms with Gasteiger partial charge in [-0.3, -0.25) is 0 Å². The summed E-state index contributed by atoms with van der Waals surface area (Å²) in [7, 11) is -3.24. The Balaban J connectivity index is 1.94. The number of benzene rings is 2. The predicted octanol–water partition coefficient (Wildman–Crippen LogP) is 2.77. The molecule has 1 aliphatic carbocycles. The molecule has 4 nitrogen and oxygen atoms in total. The van der Waals surface area contributed by atoms with Crippen molar-refractivity contribution < 1.29 is 8.42 Å². The van der Waals surface area contributed by atoms with Crippen LogP contribution in [0.2, 0.25) is 0 Å². The summed E-state index contributed by atoms with van der Waals surface area (Å²) in [5.74, 6) is 0. The molecule has 2 aromatic rings. The summed E-state index contributed by atoms with van der Waals surface area (Å²) in [4.78, 5) is 0.342. The fraction of sp³-hybridized carbons (Fsp3) is 0.250. The Morgan fingerprint density at radius 1 is 1.19 bits per heavy atom. The normalized spacial score (nSPS) is 17.5. The number of sulfone groups is 1. The molecule has 110 valence electrons. The van der Waals surface area contributed by atoms with Crippen LogP contribution >= 0.6 is 0 Å².